The zero-order chi connectivity index (χ0) is 19.1. The van der Waals surface area contributed by atoms with Gasteiger partial charge in [0.25, 0.3) is 0 Å². The fourth-order valence-corrected chi connectivity index (χ4v) is 2.73. The maximum absolute atomic E-state index is 12.0. The molecule has 0 spiro atoms. The Morgan fingerprint density at radius 3 is 2.67 bits per heavy atom. The molecule has 2 heterocycles. The Hall–Kier alpha value is -2.79. The average Bonchev–Trinajstić information content (AvgIpc) is 3.08. The summed E-state index contributed by atoms with van der Waals surface area (Å²) in [5, 5.41) is 0. The minimum Gasteiger partial charge on any atom is -0.441 e. The summed E-state index contributed by atoms with van der Waals surface area (Å²) in [4.78, 5) is 20.6. The molecular weight excluding hydrogens is 340 g/mol. The van der Waals surface area contributed by atoms with Crippen LogP contribution in [0.4, 0.5) is 0 Å². The largest absolute Gasteiger partial charge is 0.441 e. The molecule has 0 atom stereocenters. The minimum absolute atomic E-state index is 0.0652. The quantitative estimate of drug-likeness (QED) is 0.565. The van der Waals surface area contributed by atoms with E-state index in [0.717, 1.165) is 23.2 Å². The molecule has 3 aromatic rings. The van der Waals surface area contributed by atoms with E-state index in [0.29, 0.717) is 24.5 Å². The van der Waals surface area contributed by atoms with E-state index in [-0.39, 0.29) is 19.0 Å². The molecule has 0 aliphatic heterocycles. The summed E-state index contributed by atoms with van der Waals surface area (Å²) in [5.41, 5.74) is 3.99. The lowest BCUT2D eigenvalue weighted by Crippen LogP contribution is -2.10. The Balaban J connectivity index is 1.49. The highest BCUT2D eigenvalue weighted by Gasteiger charge is 2.12. The highest BCUT2D eigenvalue weighted by Crippen LogP contribution is 2.22. The summed E-state index contributed by atoms with van der Waals surface area (Å²) < 4.78 is 11.3. The second kappa shape index (κ2) is 9.24. The van der Waals surface area contributed by atoms with Crippen molar-refractivity contribution >= 4 is 5.78 Å². The number of aromatic nitrogens is 2. The third kappa shape index (κ3) is 5.34. The Labute approximate surface area is 159 Å². The summed E-state index contributed by atoms with van der Waals surface area (Å²) in [6.07, 6.45) is 5.62. The zero-order valence-electron chi connectivity index (χ0n) is 15.8. The van der Waals surface area contributed by atoms with Crippen LogP contribution in [0.3, 0.4) is 0 Å². The third-order valence-corrected chi connectivity index (χ3v) is 4.42. The summed E-state index contributed by atoms with van der Waals surface area (Å²) in [5.74, 6) is 1.36. The molecule has 0 bridgehead atoms. The number of oxazole rings is 1. The Bertz CT molecular complexity index is 870. The Kier molecular flexibility index (Phi) is 6.49. The molecule has 0 saturated heterocycles. The first kappa shape index (κ1) is 19.0. The van der Waals surface area contributed by atoms with Gasteiger partial charge in [-0.15, -0.1) is 0 Å². The fourth-order valence-electron chi connectivity index (χ4n) is 2.73. The van der Waals surface area contributed by atoms with Gasteiger partial charge in [0.2, 0.25) is 5.89 Å². The third-order valence-electron chi connectivity index (χ3n) is 4.42. The van der Waals surface area contributed by atoms with E-state index in [4.69, 9.17) is 9.15 Å². The second-order valence-electron chi connectivity index (χ2n) is 6.47. The average molecular weight is 364 g/mol. The molecule has 0 N–H and O–H groups in total. The van der Waals surface area contributed by atoms with Crippen molar-refractivity contribution in [2.75, 3.05) is 6.61 Å². The molecular formula is C22H24N2O3. The van der Waals surface area contributed by atoms with Crippen LogP contribution in [-0.2, 0) is 29.0 Å². The van der Waals surface area contributed by atoms with Gasteiger partial charge in [0.05, 0.1) is 6.61 Å². The van der Waals surface area contributed by atoms with E-state index in [1.807, 2.05) is 31.2 Å². The van der Waals surface area contributed by atoms with Crippen molar-refractivity contribution in [2.45, 2.75) is 39.7 Å². The Morgan fingerprint density at radius 1 is 1.15 bits per heavy atom. The molecule has 0 radical (unpaired) electrons. The van der Waals surface area contributed by atoms with Crippen molar-refractivity contribution in [3.63, 3.8) is 0 Å². The van der Waals surface area contributed by atoms with Gasteiger partial charge < -0.3 is 9.15 Å². The van der Waals surface area contributed by atoms with Crippen molar-refractivity contribution in [3.8, 4) is 11.5 Å². The number of carbonyl (C=O) groups is 1. The van der Waals surface area contributed by atoms with Gasteiger partial charge in [-0.3, -0.25) is 9.78 Å². The van der Waals surface area contributed by atoms with Gasteiger partial charge in [-0.1, -0.05) is 25.1 Å². The number of carbonyl (C=O) groups excluding carboxylic acids is 1. The lowest BCUT2D eigenvalue weighted by atomic mass is 10.1. The van der Waals surface area contributed by atoms with Gasteiger partial charge >= 0.3 is 0 Å². The number of Topliss-reactive ketones (excluding diaryl/α,β-unsaturated/α-hetero) is 1. The first-order valence-corrected chi connectivity index (χ1v) is 9.19. The first-order chi connectivity index (χ1) is 13.2. The molecule has 0 fully saturated rings. The van der Waals surface area contributed by atoms with Crippen LogP contribution in [0.2, 0.25) is 0 Å². The van der Waals surface area contributed by atoms with Crippen LogP contribution in [0.1, 0.15) is 35.9 Å². The van der Waals surface area contributed by atoms with Crippen LogP contribution in [0.5, 0.6) is 0 Å². The number of ether oxygens (including phenoxy) is 1. The molecule has 0 aliphatic rings. The molecule has 0 saturated carbocycles. The van der Waals surface area contributed by atoms with E-state index in [2.05, 4.69) is 29.0 Å². The SMILES string of the molecule is CCc1ccc(-c2nc(COCC(=O)CCc3cccnc3)c(C)o2)cc1. The maximum Gasteiger partial charge on any atom is 0.226 e. The number of rotatable bonds is 9. The van der Waals surface area contributed by atoms with Gasteiger partial charge in [-0.05, 0) is 49.1 Å². The monoisotopic (exact) mass is 364 g/mol. The van der Waals surface area contributed by atoms with Crippen LogP contribution in [0.15, 0.2) is 53.2 Å². The van der Waals surface area contributed by atoms with Crippen molar-refractivity contribution in [1.29, 1.82) is 0 Å². The molecule has 0 aliphatic carbocycles. The number of hydrogen-bond donors (Lipinski definition) is 0. The lowest BCUT2D eigenvalue weighted by molar-refractivity contribution is -0.124. The number of hydrogen-bond acceptors (Lipinski definition) is 5. The molecule has 27 heavy (non-hydrogen) atoms. The molecule has 3 rings (SSSR count). The number of ketones is 1. The minimum atomic E-state index is 0.0652. The summed E-state index contributed by atoms with van der Waals surface area (Å²) >= 11 is 0. The predicted molar refractivity (Wildman–Crippen MR) is 103 cm³/mol. The number of aryl methyl sites for hydroxylation is 3. The molecule has 0 unspecified atom stereocenters. The smallest absolute Gasteiger partial charge is 0.226 e. The van der Waals surface area contributed by atoms with E-state index in [1.165, 1.54) is 5.56 Å². The van der Waals surface area contributed by atoms with E-state index in [1.54, 1.807) is 12.4 Å². The van der Waals surface area contributed by atoms with Crippen LogP contribution in [-0.4, -0.2) is 22.4 Å². The van der Waals surface area contributed by atoms with Crippen LogP contribution >= 0.6 is 0 Å². The van der Waals surface area contributed by atoms with Crippen LogP contribution in [0, 0.1) is 6.92 Å². The number of nitrogens with zero attached hydrogens (tertiary/aromatic N) is 2. The molecule has 0 amide bonds. The van der Waals surface area contributed by atoms with Gasteiger partial charge in [0, 0.05) is 24.4 Å². The van der Waals surface area contributed by atoms with E-state index >= 15 is 0 Å². The zero-order valence-corrected chi connectivity index (χ0v) is 15.8. The van der Waals surface area contributed by atoms with E-state index < -0.39 is 0 Å². The van der Waals surface area contributed by atoms with Crippen molar-refractivity contribution < 1.29 is 13.9 Å². The Morgan fingerprint density at radius 2 is 1.96 bits per heavy atom. The summed E-state index contributed by atoms with van der Waals surface area (Å²) in [6, 6.07) is 12.0. The molecule has 140 valence electrons. The standard InChI is InChI=1S/C22H24N2O3/c1-3-17-6-9-19(10-7-17)22-24-21(16(2)27-22)15-26-14-20(25)11-8-18-5-4-12-23-13-18/h4-7,9-10,12-13H,3,8,11,14-15H2,1-2H3. The van der Waals surface area contributed by atoms with Gasteiger partial charge in [0.1, 0.15) is 18.1 Å². The first-order valence-electron chi connectivity index (χ1n) is 9.19. The summed E-state index contributed by atoms with van der Waals surface area (Å²) in [7, 11) is 0. The molecule has 5 nitrogen and oxygen atoms in total. The van der Waals surface area contributed by atoms with E-state index in [9.17, 15) is 4.79 Å². The van der Waals surface area contributed by atoms with Crippen molar-refractivity contribution in [1.82, 2.24) is 9.97 Å². The highest BCUT2D eigenvalue weighted by atomic mass is 16.5. The second-order valence-corrected chi connectivity index (χ2v) is 6.47. The number of benzene rings is 1. The number of pyridine rings is 1. The van der Waals surface area contributed by atoms with Gasteiger partial charge in [0.15, 0.2) is 5.78 Å². The summed E-state index contributed by atoms with van der Waals surface area (Å²) in [6.45, 7) is 4.33. The highest BCUT2D eigenvalue weighted by molar-refractivity contribution is 5.79. The van der Waals surface area contributed by atoms with Crippen molar-refractivity contribution in [2.24, 2.45) is 0 Å². The molecule has 1 aromatic carbocycles. The predicted octanol–water partition coefficient (Wildman–Crippen LogP) is 4.33. The van der Waals surface area contributed by atoms with Gasteiger partial charge in [-0.25, -0.2) is 4.98 Å². The maximum atomic E-state index is 12.0. The van der Waals surface area contributed by atoms with Crippen LogP contribution in [0.25, 0.3) is 11.5 Å². The van der Waals surface area contributed by atoms with Crippen LogP contribution < -0.4 is 0 Å². The fraction of sp³-hybridized carbons (Fsp3) is 0.318. The van der Waals surface area contributed by atoms with Crippen molar-refractivity contribution in [3.05, 3.63) is 71.4 Å². The topological polar surface area (TPSA) is 65.2 Å². The normalized spacial score (nSPS) is 10.9. The molecule has 5 heteroatoms. The lowest BCUT2D eigenvalue weighted by Gasteiger charge is -2.02. The molecule has 2 aromatic heterocycles. The van der Waals surface area contributed by atoms with Gasteiger partial charge in [-0.2, -0.15) is 0 Å².